The van der Waals surface area contributed by atoms with Crippen molar-refractivity contribution in [3.05, 3.63) is 29.6 Å². The van der Waals surface area contributed by atoms with Crippen LogP contribution in [-0.4, -0.2) is 25.7 Å². The number of hydrogen-bond donors (Lipinski definition) is 2. The number of sulfonamides is 1. The maximum atomic E-state index is 10.6. The number of hydrogen-bond acceptors (Lipinski definition) is 4. The SMILES string of the molecule is Cc1ccc(CNCCCS(N)(=O)=O)cn1. The van der Waals surface area contributed by atoms with Crippen LogP contribution in [0.3, 0.4) is 0 Å². The van der Waals surface area contributed by atoms with E-state index in [0.29, 0.717) is 19.5 Å². The fourth-order valence-electron chi connectivity index (χ4n) is 1.23. The molecule has 6 heteroatoms. The van der Waals surface area contributed by atoms with Crippen molar-refractivity contribution >= 4 is 10.0 Å². The summed E-state index contributed by atoms with van der Waals surface area (Å²) in [6.45, 7) is 3.26. The topological polar surface area (TPSA) is 85.1 Å². The van der Waals surface area contributed by atoms with E-state index in [0.717, 1.165) is 11.3 Å². The summed E-state index contributed by atoms with van der Waals surface area (Å²) in [7, 11) is -3.33. The Kier molecular flexibility index (Phi) is 4.85. The lowest BCUT2D eigenvalue weighted by molar-refractivity contribution is 0.590. The molecule has 0 spiro atoms. The zero-order valence-electron chi connectivity index (χ0n) is 9.31. The van der Waals surface area contributed by atoms with E-state index in [1.807, 2.05) is 25.3 Å². The van der Waals surface area contributed by atoms with Crippen LogP contribution < -0.4 is 10.5 Å². The smallest absolute Gasteiger partial charge is 0.209 e. The third-order valence-electron chi connectivity index (χ3n) is 2.08. The molecule has 1 rings (SSSR count). The summed E-state index contributed by atoms with van der Waals surface area (Å²) in [5.74, 6) is 0.0200. The Balaban J connectivity index is 2.19. The van der Waals surface area contributed by atoms with Crippen molar-refractivity contribution in [3.63, 3.8) is 0 Å². The number of pyridine rings is 1. The highest BCUT2D eigenvalue weighted by molar-refractivity contribution is 7.89. The van der Waals surface area contributed by atoms with Crippen molar-refractivity contribution in [2.24, 2.45) is 5.14 Å². The van der Waals surface area contributed by atoms with Gasteiger partial charge in [0.05, 0.1) is 5.75 Å². The second kappa shape index (κ2) is 5.93. The molecule has 0 aliphatic rings. The van der Waals surface area contributed by atoms with Crippen LogP contribution in [-0.2, 0) is 16.6 Å². The molecule has 90 valence electrons. The quantitative estimate of drug-likeness (QED) is 0.697. The molecular weight excluding hydrogens is 226 g/mol. The highest BCUT2D eigenvalue weighted by Gasteiger charge is 2.01. The Morgan fingerprint density at radius 2 is 2.19 bits per heavy atom. The molecule has 16 heavy (non-hydrogen) atoms. The van der Waals surface area contributed by atoms with E-state index < -0.39 is 10.0 Å². The van der Waals surface area contributed by atoms with E-state index in [9.17, 15) is 8.42 Å². The van der Waals surface area contributed by atoms with Crippen molar-refractivity contribution < 1.29 is 8.42 Å². The van der Waals surface area contributed by atoms with Crippen LogP contribution in [0.25, 0.3) is 0 Å². The normalized spacial score (nSPS) is 11.6. The summed E-state index contributed by atoms with van der Waals surface area (Å²) in [4.78, 5) is 4.16. The molecule has 5 nitrogen and oxygen atoms in total. The summed E-state index contributed by atoms with van der Waals surface area (Å²) in [6.07, 6.45) is 2.33. The van der Waals surface area contributed by atoms with E-state index in [-0.39, 0.29) is 5.75 Å². The molecule has 0 fully saturated rings. The fourth-order valence-corrected chi connectivity index (χ4v) is 1.78. The molecule has 0 bridgehead atoms. The van der Waals surface area contributed by atoms with Crippen LogP contribution in [0.4, 0.5) is 0 Å². The van der Waals surface area contributed by atoms with Gasteiger partial charge in [-0.1, -0.05) is 6.07 Å². The molecule has 0 aliphatic heterocycles. The van der Waals surface area contributed by atoms with Crippen LogP contribution in [0.2, 0.25) is 0 Å². The number of nitrogens with one attached hydrogen (secondary N) is 1. The van der Waals surface area contributed by atoms with E-state index >= 15 is 0 Å². The molecule has 0 saturated carbocycles. The highest BCUT2D eigenvalue weighted by Crippen LogP contribution is 1.98. The average molecular weight is 243 g/mol. The predicted octanol–water partition coefficient (Wildman–Crippen LogP) is 0.158. The van der Waals surface area contributed by atoms with E-state index in [1.165, 1.54) is 0 Å². The van der Waals surface area contributed by atoms with Crippen molar-refractivity contribution in [2.45, 2.75) is 19.9 Å². The van der Waals surface area contributed by atoms with Gasteiger partial charge in [-0.2, -0.15) is 0 Å². The Morgan fingerprint density at radius 1 is 1.44 bits per heavy atom. The van der Waals surface area contributed by atoms with Gasteiger partial charge in [-0.3, -0.25) is 4.98 Å². The number of nitrogens with zero attached hydrogens (tertiary/aromatic N) is 1. The third kappa shape index (κ3) is 5.79. The number of aromatic nitrogens is 1. The zero-order valence-corrected chi connectivity index (χ0v) is 10.1. The van der Waals surface area contributed by atoms with Crippen LogP contribution in [0.1, 0.15) is 17.7 Å². The second-order valence-corrected chi connectivity index (χ2v) is 5.44. The zero-order chi connectivity index (χ0) is 12.0. The molecule has 1 aromatic heterocycles. The summed E-state index contributed by atoms with van der Waals surface area (Å²) >= 11 is 0. The summed E-state index contributed by atoms with van der Waals surface area (Å²) in [5, 5.41) is 8.01. The molecule has 3 N–H and O–H groups in total. The third-order valence-corrected chi connectivity index (χ3v) is 2.94. The molecule has 0 amide bonds. The van der Waals surface area contributed by atoms with Gasteiger partial charge in [-0.25, -0.2) is 13.6 Å². The Morgan fingerprint density at radius 3 is 2.75 bits per heavy atom. The first kappa shape index (κ1) is 13.1. The lowest BCUT2D eigenvalue weighted by Gasteiger charge is -2.04. The van der Waals surface area contributed by atoms with Crippen molar-refractivity contribution in [1.29, 1.82) is 0 Å². The second-order valence-electron chi connectivity index (χ2n) is 3.71. The monoisotopic (exact) mass is 243 g/mol. The minimum atomic E-state index is -3.33. The lowest BCUT2D eigenvalue weighted by Crippen LogP contribution is -2.22. The molecule has 0 saturated heterocycles. The van der Waals surface area contributed by atoms with Crippen LogP contribution >= 0.6 is 0 Å². The largest absolute Gasteiger partial charge is 0.313 e. The standard InChI is InChI=1S/C10H17N3O2S/c1-9-3-4-10(8-13-9)7-12-5-2-6-16(11,14)15/h3-4,8,12H,2,5-7H2,1H3,(H2,11,14,15). The Hall–Kier alpha value is -0.980. The maximum absolute atomic E-state index is 10.6. The van der Waals surface area contributed by atoms with Crippen molar-refractivity contribution in [1.82, 2.24) is 10.3 Å². The lowest BCUT2D eigenvalue weighted by atomic mass is 10.2. The predicted molar refractivity (Wildman–Crippen MR) is 63.3 cm³/mol. The van der Waals surface area contributed by atoms with Gasteiger partial charge in [-0.05, 0) is 31.5 Å². The summed E-state index contributed by atoms with van der Waals surface area (Å²) < 4.78 is 21.3. The molecule has 0 radical (unpaired) electrons. The van der Waals surface area contributed by atoms with Crippen LogP contribution in [0.5, 0.6) is 0 Å². The van der Waals surface area contributed by atoms with Gasteiger partial charge in [0.1, 0.15) is 0 Å². The van der Waals surface area contributed by atoms with Gasteiger partial charge >= 0.3 is 0 Å². The van der Waals surface area contributed by atoms with Gasteiger partial charge in [0.25, 0.3) is 0 Å². The number of aryl methyl sites for hydroxylation is 1. The highest BCUT2D eigenvalue weighted by atomic mass is 32.2. The Labute approximate surface area is 96.1 Å². The van der Waals surface area contributed by atoms with E-state index in [4.69, 9.17) is 5.14 Å². The molecule has 0 atom stereocenters. The molecule has 1 aromatic rings. The Bertz CT molecular complexity index is 414. The minimum Gasteiger partial charge on any atom is -0.313 e. The molecule has 0 unspecified atom stereocenters. The first-order chi connectivity index (χ1) is 7.47. The average Bonchev–Trinajstić information content (AvgIpc) is 2.19. The van der Waals surface area contributed by atoms with Crippen molar-refractivity contribution in [2.75, 3.05) is 12.3 Å². The van der Waals surface area contributed by atoms with Crippen LogP contribution in [0.15, 0.2) is 18.3 Å². The summed E-state index contributed by atoms with van der Waals surface area (Å²) in [5.41, 5.74) is 2.07. The van der Waals surface area contributed by atoms with Gasteiger partial charge in [-0.15, -0.1) is 0 Å². The number of nitrogens with two attached hydrogens (primary N) is 1. The number of rotatable bonds is 6. The first-order valence-corrected chi connectivity index (χ1v) is 6.81. The van der Waals surface area contributed by atoms with Gasteiger partial charge < -0.3 is 5.32 Å². The van der Waals surface area contributed by atoms with Gasteiger partial charge in [0.2, 0.25) is 10.0 Å². The minimum absolute atomic E-state index is 0.0200. The van der Waals surface area contributed by atoms with Crippen molar-refractivity contribution in [3.8, 4) is 0 Å². The van der Waals surface area contributed by atoms with Gasteiger partial charge in [0.15, 0.2) is 0 Å². The molecular formula is C10H17N3O2S. The fraction of sp³-hybridized carbons (Fsp3) is 0.500. The van der Waals surface area contributed by atoms with Crippen LogP contribution in [0, 0.1) is 6.92 Å². The molecule has 1 heterocycles. The maximum Gasteiger partial charge on any atom is 0.209 e. The first-order valence-electron chi connectivity index (χ1n) is 5.10. The molecule has 0 aromatic carbocycles. The summed E-state index contributed by atoms with van der Waals surface area (Å²) in [6, 6.07) is 3.94. The van der Waals surface area contributed by atoms with E-state index in [2.05, 4.69) is 10.3 Å². The number of primary sulfonamides is 1. The molecule has 0 aliphatic carbocycles. The van der Waals surface area contributed by atoms with Gasteiger partial charge in [0, 0.05) is 18.4 Å². The van der Waals surface area contributed by atoms with E-state index in [1.54, 1.807) is 0 Å².